The second-order valence-electron chi connectivity index (χ2n) is 3.97. The number of hydrogen-bond acceptors (Lipinski definition) is 6. The van der Waals surface area contributed by atoms with E-state index in [4.69, 9.17) is 4.74 Å². The first-order valence-electron chi connectivity index (χ1n) is 6.70. The maximum absolute atomic E-state index is 12.4. The second kappa shape index (κ2) is 8.13. The highest BCUT2D eigenvalue weighted by Gasteiger charge is 2.23. The van der Waals surface area contributed by atoms with Gasteiger partial charge in [-0.05, 0) is 13.8 Å². The monoisotopic (exact) mass is 302 g/mol. The van der Waals surface area contributed by atoms with Crippen LogP contribution < -0.4 is 5.32 Å². The predicted molar refractivity (Wildman–Crippen MR) is 77.1 cm³/mol. The Morgan fingerprint density at radius 2 is 1.90 bits per heavy atom. The van der Waals surface area contributed by atoms with Gasteiger partial charge in [0.1, 0.15) is 4.90 Å². The molecule has 0 unspecified atom stereocenters. The molecule has 7 nitrogen and oxygen atoms in total. The maximum atomic E-state index is 12.4. The molecule has 0 fully saturated rings. The first-order valence-corrected chi connectivity index (χ1v) is 8.14. The Balaban J connectivity index is 2.84. The molecule has 1 rings (SSSR count). The normalized spacial score (nSPS) is 11.8. The molecule has 0 aromatic carbocycles. The largest absolute Gasteiger partial charge is 0.380 e. The molecule has 1 aromatic heterocycles. The molecule has 0 aliphatic rings. The standard InChI is InChI=1S/C12H22N4O3S/c1-4-13-12-14-9-11(10-15-12)20(17,18)16(5-2)7-8-19-6-3/h9-10H,4-8H2,1-3H3,(H,13,14,15). The van der Waals surface area contributed by atoms with Crippen molar-refractivity contribution in [2.24, 2.45) is 0 Å². The van der Waals surface area contributed by atoms with Crippen LogP contribution in [0, 0.1) is 0 Å². The Bertz CT molecular complexity index is 490. The lowest BCUT2D eigenvalue weighted by atomic mass is 10.6. The molecular weight excluding hydrogens is 280 g/mol. The molecule has 8 heteroatoms. The summed E-state index contributed by atoms with van der Waals surface area (Å²) in [5.41, 5.74) is 0. The van der Waals surface area contributed by atoms with E-state index in [0.29, 0.717) is 38.8 Å². The van der Waals surface area contributed by atoms with Crippen molar-refractivity contribution in [3.05, 3.63) is 12.4 Å². The second-order valence-corrected chi connectivity index (χ2v) is 5.90. The zero-order valence-corrected chi connectivity index (χ0v) is 13.0. The summed E-state index contributed by atoms with van der Waals surface area (Å²) in [5.74, 6) is 0.420. The van der Waals surface area contributed by atoms with Crippen LogP contribution in [0.3, 0.4) is 0 Å². The number of ether oxygens (including phenoxy) is 1. The third kappa shape index (κ3) is 4.39. The lowest BCUT2D eigenvalue weighted by Crippen LogP contribution is -2.34. The summed E-state index contributed by atoms with van der Waals surface area (Å²) in [5, 5.41) is 2.92. The molecule has 0 bridgehead atoms. The van der Waals surface area contributed by atoms with Gasteiger partial charge in [-0.3, -0.25) is 0 Å². The molecule has 0 saturated heterocycles. The smallest absolute Gasteiger partial charge is 0.246 e. The summed E-state index contributed by atoms with van der Waals surface area (Å²) in [4.78, 5) is 8.07. The van der Waals surface area contributed by atoms with Gasteiger partial charge < -0.3 is 10.1 Å². The van der Waals surface area contributed by atoms with Crippen LogP contribution in [0.4, 0.5) is 5.95 Å². The van der Waals surface area contributed by atoms with E-state index in [9.17, 15) is 8.42 Å². The van der Waals surface area contributed by atoms with Crippen molar-refractivity contribution in [3.63, 3.8) is 0 Å². The van der Waals surface area contributed by atoms with Gasteiger partial charge in [-0.15, -0.1) is 0 Å². The number of hydrogen-bond donors (Lipinski definition) is 1. The summed E-state index contributed by atoms with van der Waals surface area (Å²) in [7, 11) is -3.56. The highest BCUT2D eigenvalue weighted by Crippen LogP contribution is 2.14. The summed E-state index contributed by atoms with van der Waals surface area (Å²) in [6, 6.07) is 0. The lowest BCUT2D eigenvalue weighted by Gasteiger charge is -2.20. The quantitative estimate of drug-likeness (QED) is 0.684. The Morgan fingerprint density at radius 1 is 1.25 bits per heavy atom. The zero-order valence-electron chi connectivity index (χ0n) is 12.2. The van der Waals surface area contributed by atoms with Crippen molar-refractivity contribution >= 4 is 16.0 Å². The van der Waals surface area contributed by atoms with E-state index >= 15 is 0 Å². The van der Waals surface area contributed by atoms with Gasteiger partial charge in [0.05, 0.1) is 19.0 Å². The van der Waals surface area contributed by atoms with E-state index in [0.717, 1.165) is 0 Å². The fourth-order valence-corrected chi connectivity index (χ4v) is 2.93. The summed E-state index contributed by atoms with van der Waals surface area (Å²) in [6.45, 7) is 7.90. The average molecular weight is 302 g/mol. The number of likely N-dealkylation sites (N-methyl/N-ethyl adjacent to an activating group) is 1. The van der Waals surface area contributed by atoms with E-state index in [1.54, 1.807) is 6.92 Å². The summed E-state index contributed by atoms with van der Waals surface area (Å²) < 4.78 is 31.3. The topological polar surface area (TPSA) is 84.4 Å². The molecular formula is C12H22N4O3S. The van der Waals surface area contributed by atoms with Gasteiger partial charge in [0, 0.05) is 26.2 Å². The first kappa shape index (κ1) is 16.8. The number of anilines is 1. The van der Waals surface area contributed by atoms with Crippen LogP contribution in [-0.4, -0.2) is 55.5 Å². The lowest BCUT2D eigenvalue weighted by molar-refractivity contribution is 0.135. The minimum absolute atomic E-state index is 0.0949. The zero-order chi connectivity index (χ0) is 15.0. The Hall–Kier alpha value is -1.25. The number of nitrogens with zero attached hydrogens (tertiary/aromatic N) is 3. The van der Waals surface area contributed by atoms with Crippen LogP contribution in [0.15, 0.2) is 17.3 Å². The molecule has 0 saturated carbocycles. The first-order chi connectivity index (χ1) is 9.56. The molecule has 0 spiro atoms. The SMILES string of the molecule is CCNc1ncc(S(=O)(=O)N(CC)CCOCC)cn1. The molecule has 114 valence electrons. The van der Waals surface area contributed by atoms with Crippen molar-refractivity contribution in [2.75, 3.05) is 38.2 Å². The third-order valence-electron chi connectivity index (χ3n) is 2.64. The van der Waals surface area contributed by atoms with Crippen molar-refractivity contribution < 1.29 is 13.2 Å². The predicted octanol–water partition coefficient (Wildman–Crippen LogP) is 0.955. The van der Waals surface area contributed by atoms with Crippen molar-refractivity contribution in [1.29, 1.82) is 0 Å². The van der Waals surface area contributed by atoms with Crippen molar-refractivity contribution in [2.45, 2.75) is 25.7 Å². The van der Waals surface area contributed by atoms with Gasteiger partial charge in [-0.25, -0.2) is 18.4 Å². The summed E-state index contributed by atoms with van der Waals surface area (Å²) >= 11 is 0. The van der Waals surface area contributed by atoms with E-state index < -0.39 is 10.0 Å². The van der Waals surface area contributed by atoms with Crippen LogP contribution in [0.1, 0.15) is 20.8 Å². The molecule has 0 amide bonds. The van der Waals surface area contributed by atoms with Crippen LogP contribution in [0.25, 0.3) is 0 Å². The Kier molecular flexibility index (Phi) is 6.83. The number of rotatable bonds is 9. The fraction of sp³-hybridized carbons (Fsp3) is 0.667. The minimum atomic E-state index is -3.56. The molecule has 1 heterocycles. The van der Waals surface area contributed by atoms with Gasteiger partial charge in [0.2, 0.25) is 16.0 Å². The highest BCUT2D eigenvalue weighted by molar-refractivity contribution is 7.89. The van der Waals surface area contributed by atoms with E-state index in [1.807, 2.05) is 13.8 Å². The van der Waals surface area contributed by atoms with Crippen molar-refractivity contribution in [1.82, 2.24) is 14.3 Å². The molecule has 0 aliphatic heterocycles. The fourth-order valence-electron chi connectivity index (χ4n) is 1.61. The van der Waals surface area contributed by atoms with Gasteiger partial charge in [-0.1, -0.05) is 6.92 Å². The molecule has 1 aromatic rings. The van der Waals surface area contributed by atoms with Gasteiger partial charge in [-0.2, -0.15) is 4.31 Å². The molecule has 1 N–H and O–H groups in total. The van der Waals surface area contributed by atoms with Gasteiger partial charge >= 0.3 is 0 Å². The van der Waals surface area contributed by atoms with E-state index in [1.165, 1.54) is 16.7 Å². The molecule has 0 atom stereocenters. The summed E-state index contributed by atoms with van der Waals surface area (Å²) in [6.07, 6.45) is 2.65. The molecule has 0 radical (unpaired) electrons. The van der Waals surface area contributed by atoms with Crippen LogP contribution in [-0.2, 0) is 14.8 Å². The Morgan fingerprint density at radius 3 is 2.40 bits per heavy atom. The van der Waals surface area contributed by atoms with Gasteiger partial charge in [0.25, 0.3) is 0 Å². The Labute approximate surface area is 120 Å². The number of sulfonamides is 1. The third-order valence-corrected chi connectivity index (χ3v) is 4.57. The maximum Gasteiger partial charge on any atom is 0.246 e. The van der Waals surface area contributed by atoms with E-state index in [-0.39, 0.29) is 4.90 Å². The number of nitrogens with one attached hydrogen (secondary N) is 1. The average Bonchev–Trinajstić information content (AvgIpc) is 2.44. The van der Waals surface area contributed by atoms with Crippen molar-refractivity contribution in [3.8, 4) is 0 Å². The van der Waals surface area contributed by atoms with Gasteiger partial charge in [0.15, 0.2) is 0 Å². The number of aromatic nitrogens is 2. The highest BCUT2D eigenvalue weighted by atomic mass is 32.2. The minimum Gasteiger partial charge on any atom is -0.380 e. The van der Waals surface area contributed by atoms with Crippen LogP contribution in [0.5, 0.6) is 0 Å². The van der Waals surface area contributed by atoms with Crippen LogP contribution >= 0.6 is 0 Å². The molecule has 0 aliphatic carbocycles. The molecule has 20 heavy (non-hydrogen) atoms. The van der Waals surface area contributed by atoms with E-state index in [2.05, 4.69) is 15.3 Å². The van der Waals surface area contributed by atoms with Crippen LogP contribution in [0.2, 0.25) is 0 Å².